The highest BCUT2D eigenvalue weighted by molar-refractivity contribution is 6.01. The maximum absolute atomic E-state index is 12.2. The first kappa shape index (κ1) is 17.6. The van der Waals surface area contributed by atoms with Crippen LogP contribution in [0.15, 0.2) is 48.5 Å². The first-order valence-corrected chi connectivity index (χ1v) is 8.30. The Bertz CT molecular complexity index is 977. The first-order chi connectivity index (χ1) is 12.5. The van der Waals surface area contributed by atoms with Gasteiger partial charge in [0.2, 0.25) is 0 Å². The van der Waals surface area contributed by atoms with E-state index in [2.05, 4.69) is 4.98 Å². The zero-order valence-electron chi connectivity index (χ0n) is 14.9. The van der Waals surface area contributed by atoms with Gasteiger partial charge in [0.15, 0.2) is 5.78 Å². The molecular formula is C21H19NO4. The summed E-state index contributed by atoms with van der Waals surface area (Å²) in [5.74, 6) is 0.238. The van der Waals surface area contributed by atoms with Gasteiger partial charge in [-0.2, -0.15) is 0 Å². The maximum atomic E-state index is 12.2. The van der Waals surface area contributed by atoms with Crippen LogP contribution in [0.5, 0.6) is 5.75 Å². The molecule has 3 aromatic rings. The van der Waals surface area contributed by atoms with Crippen LogP contribution in [-0.2, 0) is 4.74 Å². The molecule has 3 rings (SSSR count). The Kier molecular flexibility index (Phi) is 4.98. The van der Waals surface area contributed by atoms with Crippen LogP contribution in [0.2, 0.25) is 0 Å². The third-order valence-corrected chi connectivity index (χ3v) is 4.10. The minimum atomic E-state index is -0.466. The Balaban J connectivity index is 2.22. The van der Waals surface area contributed by atoms with E-state index in [9.17, 15) is 9.59 Å². The van der Waals surface area contributed by atoms with Gasteiger partial charge >= 0.3 is 5.97 Å². The average molecular weight is 349 g/mol. The fourth-order valence-corrected chi connectivity index (χ4v) is 2.76. The van der Waals surface area contributed by atoms with Crippen LogP contribution in [0.3, 0.4) is 0 Å². The fraction of sp³-hybridized carbons (Fsp3) is 0.190. The Morgan fingerprint density at radius 3 is 2.38 bits per heavy atom. The van der Waals surface area contributed by atoms with E-state index in [-0.39, 0.29) is 18.1 Å². The Morgan fingerprint density at radius 2 is 1.77 bits per heavy atom. The summed E-state index contributed by atoms with van der Waals surface area (Å²) in [5.41, 5.74) is 3.25. The second kappa shape index (κ2) is 7.35. The largest absolute Gasteiger partial charge is 0.497 e. The van der Waals surface area contributed by atoms with Crippen molar-refractivity contribution >= 4 is 22.7 Å². The van der Waals surface area contributed by atoms with Gasteiger partial charge in [-0.3, -0.25) is 4.79 Å². The summed E-state index contributed by atoms with van der Waals surface area (Å²) in [7, 11) is 1.60. The third kappa shape index (κ3) is 3.42. The van der Waals surface area contributed by atoms with Gasteiger partial charge in [-0.05, 0) is 49.2 Å². The minimum absolute atomic E-state index is 0.00465. The molecule has 0 saturated carbocycles. The Hall–Kier alpha value is -3.21. The lowest BCUT2D eigenvalue weighted by atomic mass is 9.98. The number of fused-ring (bicyclic) bond motifs is 1. The number of methoxy groups -OCH3 is 1. The first-order valence-electron chi connectivity index (χ1n) is 8.30. The van der Waals surface area contributed by atoms with Gasteiger partial charge in [0.1, 0.15) is 11.4 Å². The summed E-state index contributed by atoms with van der Waals surface area (Å²) >= 11 is 0. The summed E-state index contributed by atoms with van der Waals surface area (Å²) in [5, 5.41) is 0.855. The molecule has 0 spiro atoms. The second-order valence-corrected chi connectivity index (χ2v) is 5.79. The lowest BCUT2D eigenvalue weighted by Gasteiger charge is -2.11. The highest BCUT2D eigenvalue weighted by Gasteiger charge is 2.15. The lowest BCUT2D eigenvalue weighted by molar-refractivity contribution is 0.0520. The van der Waals surface area contributed by atoms with Crippen LogP contribution in [0, 0.1) is 0 Å². The van der Waals surface area contributed by atoms with Crippen molar-refractivity contribution in [3.63, 3.8) is 0 Å². The van der Waals surface area contributed by atoms with Crippen molar-refractivity contribution in [3.05, 3.63) is 59.8 Å². The van der Waals surface area contributed by atoms with Crippen molar-refractivity contribution in [1.82, 2.24) is 4.98 Å². The van der Waals surface area contributed by atoms with Crippen LogP contribution in [0.25, 0.3) is 22.0 Å². The highest BCUT2D eigenvalue weighted by Crippen LogP contribution is 2.31. The normalized spacial score (nSPS) is 10.6. The predicted molar refractivity (Wildman–Crippen MR) is 99.7 cm³/mol. The molecule has 0 atom stereocenters. The van der Waals surface area contributed by atoms with Crippen molar-refractivity contribution in [2.75, 3.05) is 13.7 Å². The molecule has 26 heavy (non-hydrogen) atoms. The summed E-state index contributed by atoms with van der Waals surface area (Å²) in [4.78, 5) is 28.1. The number of nitrogens with zero attached hydrogens (tertiary/aromatic N) is 1. The summed E-state index contributed by atoms with van der Waals surface area (Å²) < 4.78 is 10.4. The number of aromatic nitrogens is 1. The number of ketones is 1. The zero-order valence-corrected chi connectivity index (χ0v) is 14.9. The van der Waals surface area contributed by atoms with E-state index in [0.29, 0.717) is 16.8 Å². The highest BCUT2D eigenvalue weighted by atomic mass is 16.5. The van der Waals surface area contributed by atoms with E-state index >= 15 is 0 Å². The smallest absolute Gasteiger partial charge is 0.356 e. The van der Waals surface area contributed by atoms with E-state index in [1.807, 2.05) is 24.3 Å². The number of carbonyl (C=O) groups excluding carboxylic acids is 2. The molecule has 0 fully saturated rings. The molecule has 0 aliphatic carbocycles. The maximum Gasteiger partial charge on any atom is 0.356 e. The van der Waals surface area contributed by atoms with Gasteiger partial charge < -0.3 is 9.47 Å². The monoisotopic (exact) mass is 349 g/mol. The molecule has 0 radical (unpaired) electrons. The average Bonchev–Trinajstić information content (AvgIpc) is 2.67. The number of esters is 1. The molecule has 5 nitrogen and oxygen atoms in total. The van der Waals surface area contributed by atoms with Crippen LogP contribution >= 0.6 is 0 Å². The molecule has 0 bridgehead atoms. The molecule has 0 aliphatic heterocycles. The number of ether oxygens (including phenoxy) is 2. The fourth-order valence-electron chi connectivity index (χ4n) is 2.76. The number of Topliss-reactive ketones (excluding diaryl/α,β-unsaturated/α-hetero) is 1. The SMILES string of the molecule is CCOC(=O)c1cc(-c2ccc(C(C)=O)cc2)c2cc(OC)ccc2n1. The third-order valence-electron chi connectivity index (χ3n) is 4.10. The van der Waals surface area contributed by atoms with Crippen molar-refractivity contribution in [3.8, 4) is 16.9 Å². The quantitative estimate of drug-likeness (QED) is 0.508. The Labute approximate surface area is 151 Å². The molecule has 0 unspecified atom stereocenters. The van der Waals surface area contributed by atoms with E-state index in [1.165, 1.54) is 6.92 Å². The standard InChI is InChI=1S/C21H19NO4/c1-4-26-21(24)20-12-17(15-7-5-14(6-8-15)13(2)23)18-11-16(25-3)9-10-19(18)22-20/h5-12H,4H2,1-3H3. The van der Waals surface area contributed by atoms with Crippen LogP contribution < -0.4 is 4.74 Å². The number of pyridine rings is 1. The molecular weight excluding hydrogens is 330 g/mol. The molecule has 0 amide bonds. The molecule has 0 N–H and O–H groups in total. The van der Waals surface area contributed by atoms with E-state index in [4.69, 9.17) is 9.47 Å². The van der Waals surface area contributed by atoms with Crippen LogP contribution in [0.4, 0.5) is 0 Å². The minimum Gasteiger partial charge on any atom is -0.497 e. The zero-order chi connectivity index (χ0) is 18.7. The molecule has 132 valence electrons. The van der Waals surface area contributed by atoms with E-state index in [1.54, 1.807) is 38.3 Å². The van der Waals surface area contributed by atoms with E-state index in [0.717, 1.165) is 16.5 Å². The van der Waals surface area contributed by atoms with Gasteiger partial charge in [0, 0.05) is 10.9 Å². The van der Waals surface area contributed by atoms with Crippen LogP contribution in [0.1, 0.15) is 34.7 Å². The molecule has 2 aromatic carbocycles. The second-order valence-electron chi connectivity index (χ2n) is 5.79. The van der Waals surface area contributed by atoms with Crippen molar-refractivity contribution in [2.45, 2.75) is 13.8 Å². The molecule has 1 heterocycles. The van der Waals surface area contributed by atoms with Crippen molar-refractivity contribution in [2.24, 2.45) is 0 Å². The molecule has 0 saturated heterocycles. The van der Waals surface area contributed by atoms with Crippen LogP contribution in [-0.4, -0.2) is 30.5 Å². The lowest BCUT2D eigenvalue weighted by Crippen LogP contribution is -2.07. The topological polar surface area (TPSA) is 65.5 Å². The number of carbonyl (C=O) groups is 2. The summed E-state index contributed by atoms with van der Waals surface area (Å²) in [6.07, 6.45) is 0. The number of hydrogen-bond acceptors (Lipinski definition) is 5. The molecule has 5 heteroatoms. The molecule has 1 aromatic heterocycles. The van der Waals surface area contributed by atoms with Gasteiger partial charge in [-0.25, -0.2) is 9.78 Å². The van der Waals surface area contributed by atoms with Gasteiger partial charge in [0.05, 0.1) is 19.2 Å². The number of hydrogen-bond donors (Lipinski definition) is 0. The van der Waals surface area contributed by atoms with Gasteiger partial charge in [0.25, 0.3) is 0 Å². The molecule has 0 aliphatic rings. The van der Waals surface area contributed by atoms with Crippen molar-refractivity contribution in [1.29, 1.82) is 0 Å². The Morgan fingerprint density at radius 1 is 1.04 bits per heavy atom. The van der Waals surface area contributed by atoms with Gasteiger partial charge in [-0.1, -0.05) is 24.3 Å². The summed E-state index contributed by atoms with van der Waals surface area (Å²) in [6, 6.07) is 14.5. The summed E-state index contributed by atoms with van der Waals surface area (Å²) in [6.45, 7) is 3.57. The van der Waals surface area contributed by atoms with Crippen molar-refractivity contribution < 1.29 is 19.1 Å². The van der Waals surface area contributed by atoms with E-state index < -0.39 is 5.97 Å². The van der Waals surface area contributed by atoms with Gasteiger partial charge in [-0.15, -0.1) is 0 Å². The number of rotatable bonds is 5. The predicted octanol–water partition coefficient (Wildman–Crippen LogP) is 4.29. The number of benzene rings is 2.